The van der Waals surface area contributed by atoms with Crippen molar-refractivity contribution in [1.29, 1.82) is 0 Å². The third-order valence-corrected chi connectivity index (χ3v) is 5.43. The van der Waals surface area contributed by atoms with Gasteiger partial charge in [-0.05, 0) is 26.2 Å². The molecule has 1 saturated carbocycles. The quantitative estimate of drug-likeness (QED) is 0.293. The number of rotatable bonds is 8. The molecule has 150 valence electrons. The molecule has 0 bridgehead atoms. The van der Waals surface area contributed by atoms with E-state index in [-0.39, 0.29) is 11.5 Å². The summed E-state index contributed by atoms with van der Waals surface area (Å²) in [6, 6.07) is 0. The van der Waals surface area contributed by atoms with E-state index in [0.717, 1.165) is 45.2 Å². The summed E-state index contributed by atoms with van der Waals surface area (Å²) >= 11 is 0. The minimum atomic E-state index is -0.134. The fourth-order valence-electron chi connectivity index (χ4n) is 3.99. The SMILES string of the molecule is CCOC(=O)CCCNC(=NC)NCC1(N2CCOCC2)CCCCC1. The third-order valence-electron chi connectivity index (χ3n) is 5.43. The van der Waals surface area contributed by atoms with Gasteiger partial charge in [0.2, 0.25) is 0 Å². The van der Waals surface area contributed by atoms with Crippen LogP contribution in [-0.2, 0) is 14.3 Å². The van der Waals surface area contributed by atoms with Crippen LogP contribution in [0.1, 0.15) is 51.9 Å². The molecule has 2 aliphatic rings. The molecule has 0 unspecified atom stereocenters. The summed E-state index contributed by atoms with van der Waals surface area (Å²) in [4.78, 5) is 18.4. The number of nitrogens with one attached hydrogen (secondary N) is 2. The van der Waals surface area contributed by atoms with E-state index in [1.54, 1.807) is 7.05 Å². The first-order valence-electron chi connectivity index (χ1n) is 10.1. The van der Waals surface area contributed by atoms with Crippen LogP contribution in [0.2, 0.25) is 0 Å². The smallest absolute Gasteiger partial charge is 0.305 e. The van der Waals surface area contributed by atoms with Gasteiger partial charge >= 0.3 is 5.97 Å². The summed E-state index contributed by atoms with van der Waals surface area (Å²) in [5.74, 6) is 0.679. The maximum Gasteiger partial charge on any atom is 0.305 e. The maximum atomic E-state index is 11.4. The lowest BCUT2D eigenvalue weighted by Gasteiger charge is -2.48. The molecule has 0 spiro atoms. The van der Waals surface area contributed by atoms with Gasteiger partial charge in [0.25, 0.3) is 0 Å². The fourth-order valence-corrected chi connectivity index (χ4v) is 3.99. The zero-order valence-electron chi connectivity index (χ0n) is 16.5. The molecule has 2 fully saturated rings. The van der Waals surface area contributed by atoms with E-state index in [4.69, 9.17) is 9.47 Å². The highest BCUT2D eigenvalue weighted by molar-refractivity contribution is 5.79. The number of carbonyl (C=O) groups is 1. The topological polar surface area (TPSA) is 75.2 Å². The second-order valence-corrected chi connectivity index (χ2v) is 7.15. The van der Waals surface area contributed by atoms with Gasteiger partial charge in [-0.1, -0.05) is 19.3 Å². The lowest BCUT2D eigenvalue weighted by atomic mass is 9.80. The molecule has 0 atom stereocenters. The number of esters is 1. The lowest BCUT2D eigenvalue weighted by Crippen LogP contribution is -2.60. The van der Waals surface area contributed by atoms with Crippen LogP contribution < -0.4 is 10.6 Å². The van der Waals surface area contributed by atoms with Crippen LogP contribution in [0.4, 0.5) is 0 Å². The second-order valence-electron chi connectivity index (χ2n) is 7.15. The van der Waals surface area contributed by atoms with E-state index in [1.807, 2.05) is 6.92 Å². The number of nitrogens with zero attached hydrogens (tertiary/aromatic N) is 2. The molecule has 0 amide bonds. The molecule has 7 heteroatoms. The lowest BCUT2D eigenvalue weighted by molar-refractivity contribution is -0.143. The van der Waals surface area contributed by atoms with E-state index >= 15 is 0 Å². The van der Waals surface area contributed by atoms with Gasteiger partial charge in [-0.25, -0.2) is 0 Å². The van der Waals surface area contributed by atoms with Crippen molar-refractivity contribution in [2.75, 3.05) is 53.0 Å². The Kier molecular flexibility index (Phi) is 9.18. The Bertz CT molecular complexity index is 444. The Morgan fingerprint density at radius 1 is 1.19 bits per heavy atom. The Hall–Kier alpha value is -1.34. The Morgan fingerprint density at radius 2 is 1.92 bits per heavy atom. The summed E-state index contributed by atoms with van der Waals surface area (Å²) in [5, 5.41) is 6.85. The maximum absolute atomic E-state index is 11.4. The van der Waals surface area contributed by atoms with E-state index in [1.165, 1.54) is 32.1 Å². The zero-order chi connectivity index (χ0) is 18.7. The highest BCUT2D eigenvalue weighted by atomic mass is 16.5. The van der Waals surface area contributed by atoms with Crippen molar-refractivity contribution < 1.29 is 14.3 Å². The molecule has 1 aliphatic carbocycles. The van der Waals surface area contributed by atoms with Gasteiger partial charge in [0.1, 0.15) is 0 Å². The zero-order valence-corrected chi connectivity index (χ0v) is 16.5. The minimum absolute atomic E-state index is 0.134. The Labute approximate surface area is 157 Å². The average molecular weight is 369 g/mol. The number of hydrogen-bond donors (Lipinski definition) is 2. The van der Waals surface area contributed by atoms with Gasteiger partial charge < -0.3 is 20.1 Å². The van der Waals surface area contributed by atoms with Crippen molar-refractivity contribution in [3.8, 4) is 0 Å². The standard InChI is InChI=1S/C19H36N4O3/c1-3-26-17(24)8-7-11-21-18(20-2)22-16-19(9-5-4-6-10-19)23-12-14-25-15-13-23/h3-16H2,1-2H3,(H2,20,21,22). The number of ether oxygens (including phenoxy) is 2. The molecule has 7 nitrogen and oxygen atoms in total. The van der Waals surface area contributed by atoms with Crippen molar-refractivity contribution in [2.24, 2.45) is 4.99 Å². The number of carbonyl (C=O) groups excluding carboxylic acids is 1. The molecular weight excluding hydrogens is 332 g/mol. The second kappa shape index (κ2) is 11.4. The van der Waals surface area contributed by atoms with Gasteiger partial charge in [-0.15, -0.1) is 0 Å². The first-order valence-corrected chi connectivity index (χ1v) is 10.1. The van der Waals surface area contributed by atoms with Crippen molar-refractivity contribution >= 4 is 11.9 Å². The van der Waals surface area contributed by atoms with Gasteiger partial charge in [-0.2, -0.15) is 0 Å². The summed E-state index contributed by atoms with van der Waals surface area (Å²) < 4.78 is 10.5. The number of hydrogen-bond acceptors (Lipinski definition) is 5. The Morgan fingerprint density at radius 3 is 2.58 bits per heavy atom. The predicted octanol–water partition coefficient (Wildman–Crippen LogP) is 1.53. The molecule has 0 aromatic rings. The summed E-state index contributed by atoms with van der Waals surface area (Å²) in [6.45, 7) is 7.61. The van der Waals surface area contributed by atoms with Gasteiger partial charge in [-0.3, -0.25) is 14.7 Å². The van der Waals surface area contributed by atoms with E-state index in [2.05, 4.69) is 20.5 Å². The van der Waals surface area contributed by atoms with Crippen LogP contribution >= 0.6 is 0 Å². The highest BCUT2D eigenvalue weighted by Crippen LogP contribution is 2.33. The van der Waals surface area contributed by atoms with E-state index in [9.17, 15) is 4.79 Å². The molecule has 1 heterocycles. The highest BCUT2D eigenvalue weighted by Gasteiger charge is 2.38. The minimum Gasteiger partial charge on any atom is -0.466 e. The number of morpholine rings is 1. The van der Waals surface area contributed by atoms with Crippen molar-refractivity contribution in [1.82, 2.24) is 15.5 Å². The largest absolute Gasteiger partial charge is 0.466 e. The van der Waals surface area contributed by atoms with Gasteiger partial charge in [0.15, 0.2) is 5.96 Å². The van der Waals surface area contributed by atoms with E-state index in [0.29, 0.717) is 19.6 Å². The summed E-state index contributed by atoms with van der Waals surface area (Å²) in [7, 11) is 1.79. The van der Waals surface area contributed by atoms with Crippen LogP contribution in [0, 0.1) is 0 Å². The van der Waals surface area contributed by atoms with Crippen molar-refractivity contribution in [3.05, 3.63) is 0 Å². The first kappa shape index (κ1) is 21.0. The van der Waals surface area contributed by atoms with Crippen LogP contribution in [0.15, 0.2) is 4.99 Å². The van der Waals surface area contributed by atoms with Crippen molar-refractivity contribution in [3.63, 3.8) is 0 Å². The summed E-state index contributed by atoms with van der Waals surface area (Å²) in [5.41, 5.74) is 0.213. The molecule has 0 aromatic heterocycles. The molecule has 1 saturated heterocycles. The summed E-state index contributed by atoms with van der Waals surface area (Å²) in [6.07, 6.45) is 7.59. The van der Waals surface area contributed by atoms with Gasteiger partial charge in [0, 0.05) is 45.2 Å². The fraction of sp³-hybridized carbons (Fsp3) is 0.895. The normalized spacial score (nSPS) is 21.2. The van der Waals surface area contributed by atoms with Crippen molar-refractivity contribution in [2.45, 2.75) is 57.4 Å². The number of aliphatic imine (C=N–C) groups is 1. The molecular formula is C19H36N4O3. The van der Waals surface area contributed by atoms with Gasteiger partial charge in [0.05, 0.1) is 19.8 Å². The molecule has 2 N–H and O–H groups in total. The van der Waals surface area contributed by atoms with Crippen LogP contribution in [0.25, 0.3) is 0 Å². The average Bonchev–Trinajstić information content (AvgIpc) is 2.69. The van der Waals surface area contributed by atoms with Crippen LogP contribution in [0.3, 0.4) is 0 Å². The monoisotopic (exact) mass is 368 g/mol. The van der Waals surface area contributed by atoms with Crippen LogP contribution in [0.5, 0.6) is 0 Å². The molecule has 2 rings (SSSR count). The number of guanidine groups is 1. The Balaban J connectivity index is 1.79. The molecule has 26 heavy (non-hydrogen) atoms. The van der Waals surface area contributed by atoms with E-state index < -0.39 is 0 Å². The predicted molar refractivity (Wildman–Crippen MR) is 103 cm³/mol. The molecule has 0 aromatic carbocycles. The molecule has 1 aliphatic heterocycles. The van der Waals surface area contributed by atoms with Crippen LogP contribution in [-0.4, -0.2) is 75.4 Å². The third kappa shape index (κ3) is 6.43. The first-order chi connectivity index (χ1) is 12.7. The molecule has 0 radical (unpaired) electrons.